The largest absolute Gasteiger partial charge is 0.496 e. The van der Waals surface area contributed by atoms with Gasteiger partial charge >= 0.3 is 0 Å². The summed E-state index contributed by atoms with van der Waals surface area (Å²) in [5, 5.41) is 0. The number of hydrogen-bond donors (Lipinski definition) is 1. The smallest absolute Gasteiger partial charge is 0.162 e. The second-order valence-corrected chi connectivity index (χ2v) is 4.34. The van der Waals surface area contributed by atoms with E-state index in [-0.39, 0.29) is 11.8 Å². The number of rotatable bonds is 4. The molecule has 0 aliphatic heterocycles. The monoisotopic (exact) mass is 279 g/mol. The molecule has 2 rings (SSSR count). The van der Waals surface area contributed by atoms with Gasteiger partial charge in [-0.2, -0.15) is 0 Å². The molecule has 0 saturated heterocycles. The van der Waals surface area contributed by atoms with Crippen molar-refractivity contribution in [2.45, 2.75) is 13.0 Å². The van der Waals surface area contributed by atoms with E-state index >= 15 is 0 Å². The van der Waals surface area contributed by atoms with Crippen LogP contribution in [0.2, 0.25) is 0 Å². The van der Waals surface area contributed by atoms with Crippen molar-refractivity contribution in [1.29, 1.82) is 0 Å². The average molecular weight is 279 g/mol. The third-order valence-electron chi connectivity index (χ3n) is 2.82. The first kappa shape index (κ1) is 14.3. The van der Waals surface area contributed by atoms with Crippen molar-refractivity contribution in [2.75, 3.05) is 7.11 Å². The van der Waals surface area contributed by atoms with Crippen LogP contribution in [0.4, 0.5) is 8.78 Å². The Bertz CT molecular complexity index is 615. The van der Waals surface area contributed by atoms with Crippen molar-refractivity contribution in [3.8, 4) is 17.2 Å². The molecule has 3 nitrogen and oxygen atoms in total. The molecular formula is C15H15F2NO2. The van der Waals surface area contributed by atoms with Crippen LogP contribution in [0.1, 0.15) is 18.5 Å². The molecule has 0 aromatic heterocycles. The van der Waals surface area contributed by atoms with Gasteiger partial charge in [-0.25, -0.2) is 8.78 Å². The minimum absolute atomic E-state index is 0.194. The fraction of sp³-hybridized carbons (Fsp3) is 0.200. The SMILES string of the molecule is COc1cccc(Oc2ccc(F)c(F)c2)c1C(C)N. The first-order chi connectivity index (χ1) is 9.52. The molecule has 2 aromatic rings. The van der Waals surface area contributed by atoms with E-state index in [2.05, 4.69) is 0 Å². The Hall–Kier alpha value is -2.14. The molecule has 5 heteroatoms. The Balaban J connectivity index is 2.40. The van der Waals surface area contributed by atoms with Gasteiger partial charge in [-0.1, -0.05) is 6.07 Å². The molecule has 2 N–H and O–H groups in total. The maximum Gasteiger partial charge on any atom is 0.162 e. The van der Waals surface area contributed by atoms with Crippen LogP contribution in [-0.4, -0.2) is 7.11 Å². The Morgan fingerprint density at radius 3 is 2.35 bits per heavy atom. The van der Waals surface area contributed by atoms with Crippen molar-refractivity contribution >= 4 is 0 Å². The lowest BCUT2D eigenvalue weighted by molar-refractivity contribution is 0.396. The van der Waals surface area contributed by atoms with Crippen molar-refractivity contribution in [3.05, 3.63) is 53.6 Å². The van der Waals surface area contributed by atoms with E-state index in [0.717, 1.165) is 12.1 Å². The van der Waals surface area contributed by atoms with Gasteiger partial charge in [0.25, 0.3) is 0 Å². The Morgan fingerprint density at radius 2 is 1.75 bits per heavy atom. The number of halogens is 2. The summed E-state index contributed by atoms with van der Waals surface area (Å²) < 4.78 is 36.9. The van der Waals surface area contributed by atoms with Gasteiger partial charge in [0, 0.05) is 12.1 Å². The van der Waals surface area contributed by atoms with Gasteiger partial charge < -0.3 is 15.2 Å². The summed E-state index contributed by atoms with van der Waals surface area (Å²) in [5.41, 5.74) is 6.57. The maximum atomic E-state index is 13.2. The molecule has 106 valence electrons. The van der Waals surface area contributed by atoms with Gasteiger partial charge in [0.15, 0.2) is 11.6 Å². The first-order valence-electron chi connectivity index (χ1n) is 6.08. The number of methoxy groups -OCH3 is 1. The van der Waals surface area contributed by atoms with E-state index in [9.17, 15) is 8.78 Å². The zero-order valence-corrected chi connectivity index (χ0v) is 11.2. The lowest BCUT2D eigenvalue weighted by Gasteiger charge is -2.17. The second-order valence-electron chi connectivity index (χ2n) is 4.34. The van der Waals surface area contributed by atoms with Crippen molar-refractivity contribution in [2.24, 2.45) is 5.73 Å². The van der Waals surface area contributed by atoms with Crippen LogP contribution < -0.4 is 15.2 Å². The summed E-state index contributed by atoms with van der Waals surface area (Å²) in [6.07, 6.45) is 0. The second kappa shape index (κ2) is 5.88. The highest BCUT2D eigenvalue weighted by atomic mass is 19.2. The molecule has 20 heavy (non-hydrogen) atoms. The summed E-state index contributed by atoms with van der Waals surface area (Å²) in [6.45, 7) is 1.79. The van der Waals surface area contributed by atoms with Crippen LogP contribution >= 0.6 is 0 Å². The van der Waals surface area contributed by atoms with Crippen LogP contribution in [0.25, 0.3) is 0 Å². The highest BCUT2D eigenvalue weighted by molar-refractivity contribution is 5.48. The number of ether oxygens (including phenoxy) is 2. The molecule has 0 aliphatic carbocycles. The molecule has 0 heterocycles. The number of benzene rings is 2. The minimum Gasteiger partial charge on any atom is -0.496 e. The summed E-state index contributed by atoms with van der Waals surface area (Å²) in [6, 6.07) is 8.21. The lowest BCUT2D eigenvalue weighted by atomic mass is 10.1. The Labute approximate surface area is 115 Å². The third-order valence-corrected chi connectivity index (χ3v) is 2.82. The van der Waals surface area contributed by atoms with Crippen LogP contribution in [0.15, 0.2) is 36.4 Å². The molecule has 0 amide bonds. The zero-order chi connectivity index (χ0) is 14.7. The van der Waals surface area contributed by atoms with E-state index in [0.29, 0.717) is 17.1 Å². The number of hydrogen-bond acceptors (Lipinski definition) is 3. The highest BCUT2D eigenvalue weighted by Gasteiger charge is 2.15. The van der Waals surface area contributed by atoms with Crippen LogP contribution in [0.3, 0.4) is 0 Å². The fourth-order valence-electron chi connectivity index (χ4n) is 1.91. The van der Waals surface area contributed by atoms with Gasteiger partial charge in [-0.3, -0.25) is 0 Å². The lowest BCUT2D eigenvalue weighted by Crippen LogP contribution is -2.08. The molecular weight excluding hydrogens is 264 g/mol. The molecule has 1 atom stereocenters. The van der Waals surface area contributed by atoms with Crippen LogP contribution in [0.5, 0.6) is 17.2 Å². The normalized spacial score (nSPS) is 12.1. The van der Waals surface area contributed by atoms with E-state index in [1.165, 1.54) is 13.2 Å². The van der Waals surface area contributed by atoms with E-state index in [1.54, 1.807) is 25.1 Å². The molecule has 0 aliphatic rings. The third kappa shape index (κ3) is 2.88. The van der Waals surface area contributed by atoms with Crippen molar-refractivity contribution in [1.82, 2.24) is 0 Å². The topological polar surface area (TPSA) is 44.5 Å². The maximum absolute atomic E-state index is 13.2. The van der Waals surface area contributed by atoms with Crippen molar-refractivity contribution in [3.63, 3.8) is 0 Å². The molecule has 0 spiro atoms. The number of nitrogens with two attached hydrogens (primary N) is 1. The van der Waals surface area contributed by atoms with Gasteiger partial charge in [0.05, 0.1) is 12.7 Å². The standard InChI is InChI=1S/C15H15F2NO2/c1-9(18)15-13(19-2)4-3-5-14(15)20-10-6-7-11(16)12(17)8-10/h3-9H,18H2,1-2H3. The van der Waals surface area contributed by atoms with E-state index in [1.807, 2.05) is 0 Å². The van der Waals surface area contributed by atoms with Gasteiger partial charge in [0.1, 0.15) is 17.2 Å². The fourth-order valence-corrected chi connectivity index (χ4v) is 1.91. The summed E-state index contributed by atoms with van der Waals surface area (Å²) in [5.74, 6) is -0.660. The molecule has 2 aromatic carbocycles. The molecule has 0 fully saturated rings. The van der Waals surface area contributed by atoms with Crippen molar-refractivity contribution < 1.29 is 18.3 Å². The molecule has 0 bridgehead atoms. The van der Waals surface area contributed by atoms with E-state index < -0.39 is 11.6 Å². The molecule has 1 unspecified atom stereocenters. The summed E-state index contributed by atoms with van der Waals surface area (Å²) >= 11 is 0. The minimum atomic E-state index is -0.965. The molecule has 0 radical (unpaired) electrons. The first-order valence-corrected chi connectivity index (χ1v) is 6.08. The quantitative estimate of drug-likeness (QED) is 0.926. The predicted octanol–water partition coefficient (Wildman–Crippen LogP) is 3.79. The van der Waals surface area contributed by atoms with Crippen LogP contribution in [-0.2, 0) is 0 Å². The average Bonchev–Trinajstić information content (AvgIpc) is 2.42. The van der Waals surface area contributed by atoms with Gasteiger partial charge in [0.2, 0.25) is 0 Å². The Kier molecular flexibility index (Phi) is 4.20. The molecule has 0 saturated carbocycles. The van der Waals surface area contributed by atoms with Crippen LogP contribution in [0, 0.1) is 11.6 Å². The van der Waals surface area contributed by atoms with E-state index in [4.69, 9.17) is 15.2 Å². The summed E-state index contributed by atoms with van der Waals surface area (Å²) in [4.78, 5) is 0. The van der Waals surface area contributed by atoms with Gasteiger partial charge in [-0.15, -0.1) is 0 Å². The Morgan fingerprint density at radius 1 is 1.05 bits per heavy atom. The highest BCUT2D eigenvalue weighted by Crippen LogP contribution is 2.35. The predicted molar refractivity (Wildman–Crippen MR) is 72.0 cm³/mol. The van der Waals surface area contributed by atoms with Gasteiger partial charge in [-0.05, 0) is 31.2 Å². The zero-order valence-electron chi connectivity index (χ0n) is 11.2. The summed E-state index contributed by atoms with van der Waals surface area (Å²) in [7, 11) is 1.53.